The van der Waals surface area contributed by atoms with Gasteiger partial charge in [0.25, 0.3) is 6.47 Å². The molecule has 0 saturated carbocycles. The minimum Gasteiger partial charge on any atom is -0.471 e. The minimum absolute atomic E-state index is 0.0418. The third-order valence-electron chi connectivity index (χ3n) is 5.20. The van der Waals surface area contributed by atoms with Crippen molar-refractivity contribution in [3.05, 3.63) is 36.0 Å². The molecule has 1 aromatic heterocycles. The highest BCUT2D eigenvalue weighted by Crippen LogP contribution is 2.23. The van der Waals surface area contributed by atoms with E-state index in [0.717, 1.165) is 13.0 Å². The SMILES string of the molecule is CCCCCCCCCCn1cc(CC(C)NC(C)=O)c2ccccc21.COC=O. The Labute approximate surface area is 182 Å². The molecule has 0 fully saturated rings. The zero-order chi connectivity index (χ0) is 22.2. The van der Waals surface area contributed by atoms with Crippen molar-refractivity contribution in [2.45, 2.75) is 91.1 Å². The molecule has 1 aromatic carbocycles. The van der Waals surface area contributed by atoms with Gasteiger partial charge in [-0.1, -0.05) is 70.1 Å². The van der Waals surface area contributed by atoms with Crippen LogP contribution >= 0.6 is 0 Å². The van der Waals surface area contributed by atoms with Gasteiger partial charge in [-0.15, -0.1) is 0 Å². The second-order valence-corrected chi connectivity index (χ2v) is 7.98. The van der Waals surface area contributed by atoms with Gasteiger partial charge in [0.1, 0.15) is 0 Å². The Hall–Kier alpha value is -2.30. The van der Waals surface area contributed by atoms with E-state index in [1.54, 1.807) is 6.92 Å². The average molecular weight is 417 g/mol. The van der Waals surface area contributed by atoms with E-state index in [0.29, 0.717) is 6.47 Å². The molecular formula is C25H40N2O3. The Kier molecular flexibility index (Phi) is 13.3. The van der Waals surface area contributed by atoms with Crippen molar-refractivity contribution in [1.29, 1.82) is 0 Å². The van der Waals surface area contributed by atoms with Crippen molar-refractivity contribution in [1.82, 2.24) is 9.88 Å². The molecule has 1 unspecified atom stereocenters. The van der Waals surface area contributed by atoms with Crippen LogP contribution in [0, 0.1) is 0 Å². The molecule has 2 aromatic rings. The lowest BCUT2D eigenvalue weighted by atomic mass is 10.1. The number of unbranched alkanes of at least 4 members (excludes halogenated alkanes) is 7. The van der Waals surface area contributed by atoms with Crippen molar-refractivity contribution in [2.24, 2.45) is 0 Å². The van der Waals surface area contributed by atoms with Gasteiger partial charge in [-0.05, 0) is 31.4 Å². The summed E-state index contributed by atoms with van der Waals surface area (Å²) < 4.78 is 6.27. The molecule has 1 atom stereocenters. The summed E-state index contributed by atoms with van der Waals surface area (Å²) in [6.45, 7) is 7.39. The Morgan fingerprint density at radius 1 is 1.10 bits per heavy atom. The van der Waals surface area contributed by atoms with Gasteiger partial charge in [0.05, 0.1) is 7.11 Å². The molecule has 5 nitrogen and oxygen atoms in total. The first-order chi connectivity index (χ1) is 14.5. The molecule has 0 saturated heterocycles. The average Bonchev–Trinajstić information content (AvgIpc) is 3.07. The van der Waals surface area contributed by atoms with E-state index in [4.69, 9.17) is 4.79 Å². The lowest BCUT2D eigenvalue weighted by molar-refractivity contribution is -0.126. The molecule has 0 aliphatic carbocycles. The normalized spacial score (nSPS) is 11.5. The zero-order valence-electron chi connectivity index (χ0n) is 19.3. The number of ether oxygens (including phenoxy) is 1. The molecule has 1 N–H and O–H groups in total. The van der Waals surface area contributed by atoms with Gasteiger partial charge < -0.3 is 14.6 Å². The van der Waals surface area contributed by atoms with E-state index < -0.39 is 0 Å². The van der Waals surface area contributed by atoms with Gasteiger partial charge in [0.15, 0.2) is 0 Å². The molecule has 0 aliphatic rings. The summed E-state index contributed by atoms with van der Waals surface area (Å²) in [7, 11) is 1.31. The number of carbonyl (C=O) groups excluding carboxylic acids is 2. The quantitative estimate of drug-likeness (QED) is 0.340. The fourth-order valence-corrected chi connectivity index (χ4v) is 3.81. The second kappa shape index (κ2) is 15.5. The van der Waals surface area contributed by atoms with Crippen LogP contribution in [0.2, 0.25) is 0 Å². The maximum Gasteiger partial charge on any atom is 0.292 e. The number of rotatable bonds is 13. The highest BCUT2D eigenvalue weighted by Gasteiger charge is 2.11. The number of aryl methyl sites for hydroxylation is 1. The lowest BCUT2D eigenvalue weighted by Crippen LogP contribution is -2.31. The van der Waals surface area contributed by atoms with E-state index >= 15 is 0 Å². The van der Waals surface area contributed by atoms with E-state index in [2.05, 4.69) is 58.9 Å². The standard InChI is InChI=1S/C23H36N2O.C2H4O2/c1-4-5-6-7-8-9-10-13-16-25-18-21(17-19(2)24-20(3)26)22-14-11-12-15-23(22)25;1-4-2-3/h11-12,14-15,18-19H,4-10,13,16-17H2,1-3H3,(H,24,26);2H,1H3. The number of benzene rings is 1. The van der Waals surface area contributed by atoms with Crippen LogP contribution < -0.4 is 5.32 Å². The monoisotopic (exact) mass is 416 g/mol. The van der Waals surface area contributed by atoms with Gasteiger partial charge >= 0.3 is 0 Å². The van der Waals surface area contributed by atoms with Crippen molar-refractivity contribution < 1.29 is 14.3 Å². The third kappa shape index (κ3) is 9.95. The Morgan fingerprint density at radius 2 is 1.70 bits per heavy atom. The number of nitrogens with zero attached hydrogens (tertiary/aromatic N) is 1. The summed E-state index contributed by atoms with van der Waals surface area (Å²) in [4.78, 5) is 20.2. The second-order valence-electron chi connectivity index (χ2n) is 7.98. The molecule has 1 amide bonds. The lowest BCUT2D eigenvalue weighted by Gasteiger charge is -2.11. The van der Waals surface area contributed by atoms with E-state index in [1.807, 2.05) is 0 Å². The predicted octanol–water partition coefficient (Wildman–Crippen LogP) is 5.64. The first-order valence-corrected chi connectivity index (χ1v) is 11.3. The van der Waals surface area contributed by atoms with E-state index in [-0.39, 0.29) is 11.9 Å². The van der Waals surface area contributed by atoms with Gasteiger partial charge in [0.2, 0.25) is 5.91 Å². The topological polar surface area (TPSA) is 60.3 Å². The van der Waals surface area contributed by atoms with Gasteiger partial charge in [-0.2, -0.15) is 0 Å². The Bertz CT molecular complexity index is 739. The van der Waals surface area contributed by atoms with Crippen LogP contribution in [0.3, 0.4) is 0 Å². The van der Waals surface area contributed by atoms with Crippen LogP contribution in [0.5, 0.6) is 0 Å². The number of carbonyl (C=O) groups is 2. The summed E-state index contributed by atoms with van der Waals surface area (Å²) in [6.07, 6.45) is 14.0. The first-order valence-electron chi connectivity index (χ1n) is 11.3. The molecular weight excluding hydrogens is 376 g/mol. The molecule has 5 heteroatoms. The molecule has 0 radical (unpaired) electrons. The highest BCUT2D eigenvalue weighted by atomic mass is 16.5. The Morgan fingerprint density at radius 3 is 2.30 bits per heavy atom. The predicted molar refractivity (Wildman–Crippen MR) is 125 cm³/mol. The highest BCUT2D eigenvalue weighted by molar-refractivity contribution is 5.84. The largest absolute Gasteiger partial charge is 0.471 e. The van der Waals surface area contributed by atoms with Crippen LogP contribution in [0.15, 0.2) is 30.5 Å². The van der Waals surface area contributed by atoms with Gasteiger partial charge in [-0.25, -0.2) is 0 Å². The fraction of sp³-hybridized carbons (Fsp3) is 0.600. The minimum atomic E-state index is 0.0418. The zero-order valence-corrected chi connectivity index (χ0v) is 19.3. The number of methoxy groups -OCH3 is 1. The summed E-state index contributed by atoms with van der Waals surface area (Å²) in [5.74, 6) is 0.0418. The number of amides is 1. The van der Waals surface area contributed by atoms with Crippen LogP contribution in [0.4, 0.5) is 0 Å². The molecule has 0 aliphatic heterocycles. The van der Waals surface area contributed by atoms with Crippen molar-refractivity contribution in [2.75, 3.05) is 7.11 Å². The number of aromatic nitrogens is 1. The van der Waals surface area contributed by atoms with Gasteiger partial charge in [-0.3, -0.25) is 9.59 Å². The smallest absolute Gasteiger partial charge is 0.292 e. The van der Waals surface area contributed by atoms with Crippen molar-refractivity contribution in [3.63, 3.8) is 0 Å². The van der Waals surface area contributed by atoms with Crippen LogP contribution in [-0.2, 0) is 27.3 Å². The molecule has 0 spiro atoms. The van der Waals surface area contributed by atoms with E-state index in [9.17, 15) is 4.79 Å². The van der Waals surface area contributed by atoms with Gasteiger partial charge in [0, 0.05) is 36.6 Å². The summed E-state index contributed by atoms with van der Waals surface area (Å²) >= 11 is 0. The van der Waals surface area contributed by atoms with Crippen LogP contribution in [0.25, 0.3) is 10.9 Å². The third-order valence-corrected chi connectivity index (χ3v) is 5.20. The maximum absolute atomic E-state index is 11.3. The van der Waals surface area contributed by atoms with E-state index in [1.165, 1.54) is 74.9 Å². The summed E-state index contributed by atoms with van der Waals surface area (Å²) in [6, 6.07) is 8.81. The molecule has 168 valence electrons. The van der Waals surface area contributed by atoms with Crippen LogP contribution in [0.1, 0.15) is 77.7 Å². The van der Waals surface area contributed by atoms with Crippen molar-refractivity contribution in [3.8, 4) is 0 Å². The number of hydrogen-bond acceptors (Lipinski definition) is 3. The number of fused-ring (bicyclic) bond motifs is 1. The molecule has 2 rings (SSSR count). The molecule has 1 heterocycles. The fourth-order valence-electron chi connectivity index (χ4n) is 3.81. The van der Waals surface area contributed by atoms with Crippen LogP contribution in [-0.4, -0.2) is 30.1 Å². The first kappa shape index (κ1) is 25.7. The maximum atomic E-state index is 11.3. The summed E-state index contributed by atoms with van der Waals surface area (Å²) in [5, 5.41) is 4.32. The number of nitrogens with one attached hydrogen (secondary N) is 1. The van der Waals surface area contributed by atoms with Crippen molar-refractivity contribution >= 4 is 23.3 Å². The number of para-hydroxylation sites is 1. The Balaban J connectivity index is 0.00000103. The molecule has 0 bridgehead atoms. The summed E-state index contributed by atoms with van der Waals surface area (Å²) in [5.41, 5.74) is 2.65. The number of hydrogen-bond donors (Lipinski definition) is 1. The molecule has 30 heavy (non-hydrogen) atoms.